The first-order chi connectivity index (χ1) is 13.4. The third-order valence-corrected chi connectivity index (χ3v) is 4.86. The van der Waals surface area contributed by atoms with Crippen LogP contribution >= 0.6 is 0 Å². The van der Waals surface area contributed by atoms with Crippen molar-refractivity contribution in [2.24, 2.45) is 10.9 Å². The summed E-state index contributed by atoms with van der Waals surface area (Å²) in [6.07, 6.45) is 0.427. The average molecular weight is 377 g/mol. The van der Waals surface area contributed by atoms with E-state index in [0.717, 1.165) is 16.0 Å². The molecule has 144 valence electrons. The van der Waals surface area contributed by atoms with E-state index in [2.05, 4.69) is 10.3 Å². The summed E-state index contributed by atoms with van der Waals surface area (Å²) in [6.45, 7) is 5.58. The second kappa shape index (κ2) is 8.17. The van der Waals surface area contributed by atoms with E-state index in [4.69, 9.17) is 0 Å². The smallest absolute Gasteiger partial charge is 0.285 e. The maximum atomic E-state index is 13.2. The molecule has 1 fully saturated rings. The Morgan fingerprint density at radius 3 is 2.36 bits per heavy atom. The molecule has 3 rings (SSSR count). The summed E-state index contributed by atoms with van der Waals surface area (Å²) in [5.74, 6) is -2.31. The lowest BCUT2D eigenvalue weighted by Crippen LogP contribution is -2.60. The number of hydrogen-bond acceptors (Lipinski definition) is 4. The van der Waals surface area contributed by atoms with Crippen molar-refractivity contribution in [2.75, 3.05) is 4.90 Å². The van der Waals surface area contributed by atoms with E-state index in [1.165, 1.54) is 0 Å². The van der Waals surface area contributed by atoms with Crippen LogP contribution in [0, 0.1) is 12.8 Å². The van der Waals surface area contributed by atoms with Gasteiger partial charge in [0.1, 0.15) is 0 Å². The van der Waals surface area contributed by atoms with E-state index >= 15 is 0 Å². The van der Waals surface area contributed by atoms with Crippen LogP contribution in [0.3, 0.4) is 0 Å². The number of aryl methyl sites for hydroxylation is 1. The van der Waals surface area contributed by atoms with Gasteiger partial charge < -0.3 is 0 Å². The highest BCUT2D eigenvalue weighted by molar-refractivity contribution is 6.35. The van der Waals surface area contributed by atoms with Crippen molar-refractivity contribution < 1.29 is 14.4 Å². The highest BCUT2D eigenvalue weighted by Gasteiger charge is 2.44. The van der Waals surface area contributed by atoms with Crippen LogP contribution in [0.1, 0.15) is 37.4 Å². The van der Waals surface area contributed by atoms with Crippen LogP contribution in [-0.2, 0) is 9.59 Å². The Morgan fingerprint density at radius 2 is 1.71 bits per heavy atom. The molecular formula is C22H23N3O3. The van der Waals surface area contributed by atoms with Gasteiger partial charge in [-0.1, -0.05) is 55.5 Å². The van der Waals surface area contributed by atoms with Crippen molar-refractivity contribution in [1.29, 1.82) is 0 Å². The normalized spacial score (nSPS) is 18.8. The van der Waals surface area contributed by atoms with Crippen LogP contribution in [0.2, 0.25) is 0 Å². The number of hydrogen-bond donors (Lipinski definition) is 1. The molecule has 0 bridgehead atoms. The number of imide groups is 2. The van der Waals surface area contributed by atoms with Gasteiger partial charge in [0.2, 0.25) is 5.91 Å². The van der Waals surface area contributed by atoms with Crippen molar-refractivity contribution in [3.8, 4) is 0 Å². The predicted octanol–water partition coefficient (Wildman–Crippen LogP) is 3.81. The van der Waals surface area contributed by atoms with Crippen molar-refractivity contribution in [1.82, 2.24) is 5.32 Å². The molecule has 2 aromatic rings. The lowest BCUT2D eigenvalue weighted by atomic mass is 9.95. The summed E-state index contributed by atoms with van der Waals surface area (Å²) >= 11 is 0. The first kappa shape index (κ1) is 19.5. The Labute approximate surface area is 164 Å². The molecule has 28 heavy (non-hydrogen) atoms. The number of urea groups is 1. The number of carbonyl (C=O) groups excluding carboxylic acids is 3. The predicted molar refractivity (Wildman–Crippen MR) is 108 cm³/mol. The SMILES string of the molecule is CCC(=N[C@@H](C)c1ccccc1)C1C(=O)NC(=O)N(c2ccccc2C)C1=O. The first-order valence-corrected chi connectivity index (χ1v) is 9.30. The van der Waals surface area contributed by atoms with Crippen molar-refractivity contribution in [2.45, 2.75) is 33.2 Å². The maximum Gasteiger partial charge on any atom is 0.335 e. The molecule has 0 aliphatic carbocycles. The van der Waals surface area contributed by atoms with E-state index in [-0.39, 0.29) is 6.04 Å². The van der Waals surface area contributed by atoms with Crippen LogP contribution in [0.15, 0.2) is 59.6 Å². The number of nitrogens with zero attached hydrogens (tertiary/aromatic N) is 2. The van der Waals surface area contributed by atoms with Crippen molar-refractivity contribution >= 4 is 29.2 Å². The molecule has 1 unspecified atom stereocenters. The van der Waals surface area contributed by atoms with E-state index in [9.17, 15) is 14.4 Å². The van der Waals surface area contributed by atoms with Gasteiger partial charge in [0, 0.05) is 5.71 Å². The molecule has 2 atom stereocenters. The highest BCUT2D eigenvalue weighted by Crippen LogP contribution is 2.26. The zero-order chi connectivity index (χ0) is 20.3. The van der Waals surface area contributed by atoms with Gasteiger partial charge in [0.05, 0.1) is 11.7 Å². The molecule has 1 saturated heterocycles. The number of aliphatic imine (C=N–C) groups is 1. The van der Waals surface area contributed by atoms with Gasteiger partial charge in [-0.15, -0.1) is 0 Å². The van der Waals surface area contributed by atoms with Crippen molar-refractivity contribution in [3.05, 3.63) is 65.7 Å². The van der Waals surface area contributed by atoms with Gasteiger partial charge in [0.15, 0.2) is 5.92 Å². The number of para-hydroxylation sites is 1. The summed E-state index contributed by atoms with van der Waals surface area (Å²) in [4.78, 5) is 43.8. The van der Waals surface area contributed by atoms with Crippen LogP contribution in [0.5, 0.6) is 0 Å². The summed E-state index contributed by atoms with van der Waals surface area (Å²) in [5, 5.41) is 2.31. The molecular weight excluding hydrogens is 354 g/mol. The van der Waals surface area contributed by atoms with Gasteiger partial charge in [-0.2, -0.15) is 0 Å². The summed E-state index contributed by atoms with van der Waals surface area (Å²) in [5.41, 5.74) is 2.69. The standard InChI is InChI=1S/C22H23N3O3/c1-4-17(23-15(3)16-11-6-5-7-12-16)19-20(26)24-22(28)25(21(19)27)18-13-9-8-10-14(18)2/h5-13,15,19H,4H2,1-3H3,(H,24,26,28)/t15-,19?/m0/s1. The fourth-order valence-electron chi connectivity index (χ4n) is 3.34. The van der Waals surface area contributed by atoms with Crippen LogP contribution < -0.4 is 10.2 Å². The molecule has 0 radical (unpaired) electrons. The molecule has 4 amide bonds. The zero-order valence-electron chi connectivity index (χ0n) is 16.2. The minimum atomic E-state index is -1.12. The number of amides is 4. The fourth-order valence-corrected chi connectivity index (χ4v) is 3.34. The highest BCUT2D eigenvalue weighted by atomic mass is 16.2. The Hall–Kier alpha value is -3.28. The molecule has 0 aromatic heterocycles. The number of anilines is 1. The summed E-state index contributed by atoms with van der Waals surface area (Å²) in [7, 11) is 0. The van der Waals surface area contributed by atoms with Crippen LogP contribution in [-0.4, -0.2) is 23.6 Å². The van der Waals surface area contributed by atoms with E-state index < -0.39 is 23.8 Å². The van der Waals surface area contributed by atoms with Gasteiger partial charge in [-0.3, -0.25) is 19.9 Å². The number of nitrogens with one attached hydrogen (secondary N) is 1. The van der Waals surface area contributed by atoms with Gasteiger partial charge in [-0.25, -0.2) is 9.69 Å². The topological polar surface area (TPSA) is 78.8 Å². The quantitative estimate of drug-likeness (QED) is 0.636. The zero-order valence-corrected chi connectivity index (χ0v) is 16.2. The second-order valence-electron chi connectivity index (χ2n) is 6.75. The van der Waals surface area contributed by atoms with Crippen molar-refractivity contribution in [3.63, 3.8) is 0 Å². The van der Waals surface area contributed by atoms with E-state index in [0.29, 0.717) is 17.8 Å². The molecule has 0 saturated carbocycles. The summed E-state index contributed by atoms with van der Waals surface area (Å²) < 4.78 is 0. The lowest BCUT2D eigenvalue weighted by molar-refractivity contribution is -0.131. The maximum absolute atomic E-state index is 13.2. The molecule has 6 heteroatoms. The number of benzene rings is 2. The summed E-state index contributed by atoms with van der Waals surface area (Å²) in [6, 6.07) is 15.8. The molecule has 1 N–H and O–H groups in total. The molecule has 1 aliphatic heterocycles. The lowest BCUT2D eigenvalue weighted by Gasteiger charge is -2.31. The fraction of sp³-hybridized carbons (Fsp3) is 0.273. The van der Waals surface area contributed by atoms with Gasteiger partial charge in [0.25, 0.3) is 5.91 Å². The second-order valence-corrected chi connectivity index (χ2v) is 6.75. The van der Waals surface area contributed by atoms with E-state index in [1.54, 1.807) is 12.1 Å². The molecule has 1 heterocycles. The average Bonchev–Trinajstić information content (AvgIpc) is 2.68. The van der Waals surface area contributed by atoms with Gasteiger partial charge in [-0.05, 0) is 37.5 Å². The van der Waals surface area contributed by atoms with Crippen LogP contribution in [0.4, 0.5) is 10.5 Å². The number of rotatable bonds is 5. The Kier molecular flexibility index (Phi) is 5.68. The van der Waals surface area contributed by atoms with Gasteiger partial charge >= 0.3 is 6.03 Å². The molecule has 1 aliphatic rings. The minimum absolute atomic E-state index is 0.207. The first-order valence-electron chi connectivity index (χ1n) is 9.30. The Balaban J connectivity index is 1.98. The largest absolute Gasteiger partial charge is 0.335 e. The Bertz CT molecular complexity index is 937. The minimum Gasteiger partial charge on any atom is -0.285 e. The Morgan fingerprint density at radius 1 is 1.07 bits per heavy atom. The molecule has 2 aromatic carbocycles. The molecule has 6 nitrogen and oxygen atoms in total. The molecule has 0 spiro atoms. The monoisotopic (exact) mass is 377 g/mol. The van der Waals surface area contributed by atoms with Crippen LogP contribution in [0.25, 0.3) is 0 Å². The van der Waals surface area contributed by atoms with E-state index in [1.807, 2.05) is 63.2 Å². The number of barbiturate groups is 1. The third kappa shape index (κ3) is 3.71. The number of carbonyl (C=O) groups is 3. The third-order valence-electron chi connectivity index (χ3n) is 4.86.